The third kappa shape index (κ3) is 3.31. The second kappa shape index (κ2) is 7.67. The molecule has 3 heterocycles. The van der Waals surface area contributed by atoms with Gasteiger partial charge in [-0.1, -0.05) is 44.2 Å². The SMILES string of the molecule is CCc1ccccc1-c1ccc2c(-c3nc4c([nH]3)CN(CC)C(C(=O)O)C4)n[nH]c2c1. The fourth-order valence-corrected chi connectivity index (χ4v) is 4.54. The van der Waals surface area contributed by atoms with Crippen molar-refractivity contribution in [3.8, 4) is 22.6 Å². The number of carboxylic acid groups (broad SMARTS) is 1. The van der Waals surface area contributed by atoms with Crippen LogP contribution in [0.4, 0.5) is 0 Å². The number of hydrogen-bond acceptors (Lipinski definition) is 4. The van der Waals surface area contributed by atoms with Crippen molar-refractivity contribution in [1.82, 2.24) is 25.1 Å². The Morgan fingerprint density at radius 2 is 2.06 bits per heavy atom. The van der Waals surface area contributed by atoms with Crippen LogP contribution in [0, 0.1) is 0 Å². The molecule has 3 N–H and O–H groups in total. The lowest BCUT2D eigenvalue weighted by atomic mass is 9.97. The summed E-state index contributed by atoms with van der Waals surface area (Å²) in [5.41, 5.74) is 7.20. The number of carboxylic acids is 1. The minimum atomic E-state index is -0.804. The number of benzene rings is 2. The molecule has 5 rings (SSSR count). The van der Waals surface area contributed by atoms with Crippen LogP contribution in [-0.4, -0.2) is 48.7 Å². The number of nitrogens with one attached hydrogen (secondary N) is 2. The quantitative estimate of drug-likeness (QED) is 0.457. The lowest BCUT2D eigenvalue weighted by molar-refractivity contribution is -0.143. The lowest BCUT2D eigenvalue weighted by Gasteiger charge is -2.30. The van der Waals surface area contributed by atoms with Gasteiger partial charge in [0.15, 0.2) is 5.82 Å². The van der Waals surface area contributed by atoms with Crippen LogP contribution in [0.3, 0.4) is 0 Å². The molecule has 7 heteroatoms. The number of hydrogen-bond donors (Lipinski definition) is 3. The maximum Gasteiger partial charge on any atom is 0.321 e. The summed E-state index contributed by atoms with van der Waals surface area (Å²) < 4.78 is 0. The summed E-state index contributed by atoms with van der Waals surface area (Å²) in [6, 6.07) is 14.2. The summed E-state index contributed by atoms with van der Waals surface area (Å²) in [7, 11) is 0. The lowest BCUT2D eigenvalue weighted by Crippen LogP contribution is -2.45. The molecule has 0 spiro atoms. The van der Waals surface area contributed by atoms with Gasteiger partial charge in [0.25, 0.3) is 0 Å². The number of aliphatic carboxylic acids is 1. The van der Waals surface area contributed by atoms with Gasteiger partial charge in [0.1, 0.15) is 11.7 Å². The van der Waals surface area contributed by atoms with Crippen molar-refractivity contribution in [2.24, 2.45) is 0 Å². The van der Waals surface area contributed by atoms with Crippen molar-refractivity contribution in [3.05, 3.63) is 59.4 Å². The summed E-state index contributed by atoms with van der Waals surface area (Å²) in [4.78, 5) is 21.7. The number of aromatic amines is 2. The first kappa shape index (κ1) is 19.5. The Morgan fingerprint density at radius 3 is 2.84 bits per heavy atom. The van der Waals surface area contributed by atoms with E-state index in [9.17, 15) is 9.90 Å². The molecule has 1 aliphatic heterocycles. The number of likely N-dealkylation sites (N-methyl/N-ethyl adjacent to an activating group) is 1. The van der Waals surface area contributed by atoms with Crippen LogP contribution >= 0.6 is 0 Å². The van der Waals surface area contributed by atoms with E-state index in [1.165, 1.54) is 11.1 Å². The van der Waals surface area contributed by atoms with E-state index >= 15 is 0 Å². The average molecular weight is 415 g/mol. The van der Waals surface area contributed by atoms with Gasteiger partial charge >= 0.3 is 5.97 Å². The van der Waals surface area contributed by atoms with Crippen molar-refractivity contribution in [1.29, 1.82) is 0 Å². The van der Waals surface area contributed by atoms with E-state index in [4.69, 9.17) is 4.98 Å². The fraction of sp³-hybridized carbons (Fsp3) is 0.292. The molecular weight excluding hydrogens is 390 g/mol. The maximum atomic E-state index is 11.6. The van der Waals surface area contributed by atoms with Crippen molar-refractivity contribution in [3.63, 3.8) is 0 Å². The van der Waals surface area contributed by atoms with Crippen LogP contribution in [0.2, 0.25) is 0 Å². The Kier molecular flexibility index (Phi) is 4.82. The number of aryl methyl sites for hydroxylation is 1. The molecule has 0 fully saturated rings. The highest BCUT2D eigenvalue weighted by atomic mass is 16.4. The summed E-state index contributed by atoms with van der Waals surface area (Å²) in [6.45, 7) is 5.38. The molecule has 1 aliphatic rings. The predicted molar refractivity (Wildman–Crippen MR) is 120 cm³/mol. The van der Waals surface area contributed by atoms with Gasteiger partial charge in [-0.25, -0.2) is 4.98 Å². The second-order valence-corrected chi connectivity index (χ2v) is 7.98. The first-order valence-corrected chi connectivity index (χ1v) is 10.7. The molecule has 0 aliphatic carbocycles. The fourth-order valence-electron chi connectivity index (χ4n) is 4.54. The number of rotatable bonds is 5. The zero-order valence-electron chi connectivity index (χ0n) is 17.6. The van der Waals surface area contributed by atoms with Crippen molar-refractivity contribution < 1.29 is 9.90 Å². The summed E-state index contributed by atoms with van der Waals surface area (Å²) in [6.07, 6.45) is 1.38. The number of carbonyl (C=O) groups is 1. The van der Waals surface area contributed by atoms with Crippen molar-refractivity contribution >= 4 is 16.9 Å². The number of nitrogens with zero attached hydrogens (tertiary/aromatic N) is 3. The Hall–Kier alpha value is -3.45. The van der Waals surface area contributed by atoms with Crippen LogP contribution in [0.5, 0.6) is 0 Å². The van der Waals surface area contributed by atoms with E-state index in [1.807, 2.05) is 11.8 Å². The number of aromatic nitrogens is 4. The molecule has 2 aromatic carbocycles. The Balaban J connectivity index is 1.52. The van der Waals surface area contributed by atoms with E-state index in [1.54, 1.807) is 0 Å². The smallest absolute Gasteiger partial charge is 0.321 e. The molecule has 158 valence electrons. The second-order valence-electron chi connectivity index (χ2n) is 7.98. The molecule has 0 amide bonds. The van der Waals surface area contributed by atoms with Crippen molar-refractivity contribution in [2.75, 3.05) is 6.54 Å². The monoisotopic (exact) mass is 415 g/mol. The predicted octanol–water partition coefficient (Wildman–Crippen LogP) is 4.01. The molecule has 0 saturated heterocycles. The van der Waals surface area contributed by atoms with Crippen LogP contribution in [0.25, 0.3) is 33.5 Å². The minimum Gasteiger partial charge on any atom is -0.480 e. The molecule has 0 radical (unpaired) electrons. The highest BCUT2D eigenvalue weighted by Crippen LogP contribution is 2.32. The Bertz CT molecular complexity index is 1270. The summed E-state index contributed by atoms with van der Waals surface area (Å²) >= 11 is 0. The minimum absolute atomic E-state index is 0.398. The van der Waals surface area contributed by atoms with Gasteiger partial charge in [0, 0.05) is 18.4 Å². The molecule has 7 nitrogen and oxygen atoms in total. The zero-order chi connectivity index (χ0) is 21.5. The van der Waals surface area contributed by atoms with Gasteiger partial charge < -0.3 is 10.1 Å². The van der Waals surface area contributed by atoms with Crippen LogP contribution in [-0.2, 0) is 24.2 Å². The van der Waals surface area contributed by atoms with Gasteiger partial charge in [-0.15, -0.1) is 0 Å². The molecule has 31 heavy (non-hydrogen) atoms. The van der Waals surface area contributed by atoms with Gasteiger partial charge in [0.2, 0.25) is 0 Å². The van der Waals surface area contributed by atoms with Gasteiger partial charge in [0.05, 0.1) is 16.9 Å². The molecule has 1 unspecified atom stereocenters. The van der Waals surface area contributed by atoms with Crippen LogP contribution < -0.4 is 0 Å². The van der Waals surface area contributed by atoms with Gasteiger partial charge in [-0.05, 0) is 41.8 Å². The number of fused-ring (bicyclic) bond motifs is 2. The third-order valence-electron chi connectivity index (χ3n) is 6.24. The average Bonchev–Trinajstić information content (AvgIpc) is 3.40. The molecule has 4 aromatic rings. The number of imidazole rings is 1. The first-order chi connectivity index (χ1) is 15.1. The van der Waals surface area contributed by atoms with E-state index < -0.39 is 12.0 Å². The maximum absolute atomic E-state index is 11.6. The summed E-state index contributed by atoms with van der Waals surface area (Å²) in [5.74, 6) is -0.123. The number of H-pyrrole nitrogens is 2. The normalized spacial score (nSPS) is 16.5. The summed E-state index contributed by atoms with van der Waals surface area (Å²) in [5, 5.41) is 18.2. The van der Waals surface area contributed by atoms with E-state index in [2.05, 4.69) is 64.6 Å². The van der Waals surface area contributed by atoms with Crippen molar-refractivity contribution in [2.45, 2.75) is 39.3 Å². The first-order valence-electron chi connectivity index (χ1n) is 10.7. The standard InChI is InChI=1S/C24H25N5O2/c1-3-14-7-5-6-8-16(14)15-9-10-17-18(11-15)27-28-22(17)23-25-19-12-21(24(30)31)29(4-2)13-20(19)26-23/h5-11,21H,3-4,12-13H2,1-2H3,(H,25,26)(H,27,28)(H,30,31). The molecule has 0 saturated carbocycles. The topological polar surface area (TPSA) is 97.9 Å². The van der Waals surface area contributed by atoms with E-state index in [0.29, 0.717) is 25.3 Å². The van der Waals surface area contributed by atoms with Gasteiger partial charge in [-0.2, -0.15) is 5.10 Å². The molecule has 2 aromatic heterocycles. The molecular formula is C24H25N5O2. The van der Waals surface area contributed by atoms with Gasteiger partial charge in [-0.3, -0.25) is 14.8 Å². The van der Waals surface area contributed by atoms with Crippen LogP contribution in [0.15, 0.2) is 42.5 Å². The Labute approximate surface area is 180 Å². The highest BCUT2D eigenvalue weighted by molar-refractivity contribution is 5.94. The Morgan fingerprint density at radius 1 is 1.23 bits per heavy atom. The molecule has 0 bridgehead atoms. The van der Waals surface area contributed by atoms with E-state index in [0.717, 1.165) is 40.0 Å². The van der Waals surface area contributed by atoms with Crippen LogP contribution in [0.1, 0.15) is 30.8 Å². The third-order valence-corrected chi connectivity index (χ3v) is 6.24. The zero-order valence-corrected chi connectivity index (χ0v) is 17.6. The largest absolute Gasteiger partial charge is 0.480 e. The molecule has 1 atom stereocenters. The van der Waals surface area contributed by atoms with E-state index in [-0.39, 0.29) is 0 Å². The highest BCUT2D eigenvalue weighted by Gasteiger charge is 2.33.